The van der Waals surface area contributed by atoms with Crippen LogP contribution >= 0.6 is 0 Å². The van der Waals surface area contributed by atoms with E-state index in [0.717, 1.165) is 19.0 Å². The first kappa shape index (κ1) is 11.3. The molecule has 2 unspecified atom stereocenters. The standard InChI is InChI=1S/C10H20N6/c1-16-10(13-14-15-16)12-7-9-5-3-2-4-8(9)6-11/h8-9H,2-7,11H2,1H3,(H,12,13,15). The van der Waals surface area contributed by atoms with Gasteiger partial charge in [0.2, 0.25) is 5.95 Å². The third-order valence-corrected chi connectivity index (χ3v) is 3.51. The molecular formula is C10H20N6. The second kappa shape index (κ2) is 5.25. The quantitative estimate of drug-likeness (QED) is 0.773. The number of tetrazole rings is 1. The maximum absolute atomic E-state index is 5.80. The van der Waals surface area contributed by atoms with E-state index in [2.05, 4.69) is 20.8 Å². The fourth-order valence-corrected chi connectivity index (χ4v) is 2.47. The molecule has 0 aliphatic heterocycles. The number of rotatable bonds is 4. The van der Waals surface area contributed by atoms with Gasteiger partial charge in [0, 0.05) is 13.6 Å². The number of hydrogen-bond acceptors (Lipinski definition) is 5. The lowest BCUT2D eigenvalue weighted by molar-refractivity contribution is 0.255. The molecule has 1 heterocycles. The van der Waals surface area contributed by atoms with Crippen LogP contribution in [0.1, 0.15) is 25.7 Å². The Bertz CT molecular complexity index is 323. The minimum absolute atomic E-state index is 0.655. The molecule has 0 bridgehead atoms. The average Bonchev–Trinajstić information content (AvgIpc) is 2.72. The van der Waals surface area contributed by atoms with Gasteiger partial charge in [-0.3, -0.25) is 0 Å². The third-order valence-electron chi connectivity index (χ3n) is 3.51. The number of nitrogens with one attached hydrogen (secondary N) is 1. The van der Waals surface area contributed by atoms with Crippen molar-refractivity contribution in [3.63, 3.8) is 0 Å². The van der Waals surface area contributed by atoms with Gasteiger partial charge in [-0.2, -0.15) is 0 Å². The van der Waals surface area contributed by atoms with Crippen LogP contribution in [0.5, 0.6) is 0 Å². The predicted molar refractivity (Wildman–Crippen MR) is 61.8 cm³/mol. The molecule has 16 heavy (non-hydrogen) atoms. The molecule has 1 fully saturated rings. The molecule has 0 radical (unpaired) electrons. The van der Waals surface area contributed by atoms with Crippen LogP contribution in [0, 0.1) is 11.8 Å². The first-order valence-electron chi connectivity index (χ1n) is 5.97. The van der Waals surface area contributed by atoms with Gasteiger partial charge in [-0.05, 0) is 41.6 Å². The molecule has 1 aliphatic carbocycles. The van der Waals surface area contributed by atoms with E-state index in [1.54, 1.807) is 4.68 Å². The summed E-state index contributed by atoms with van der Waals surface area (Å²) in [6.45, 7) is 1.72. The van der Waals surface area contributed by atoms with Crippen LogP contribution in [0.3, 0.4) is 0 Å². The van der Waals surface area contributed by atoms with E-state index in [0.29, 0.717) is 11.8 Å². The van der Waals surface area contributed by atoms with Crippen molar-refractivity contribution in [3.05, 3.63) is 0 Å². The lowest BCUT2D eigenvalue weighted by Crippen LogP contribution is -2.31. The Hall–Kier alpha value is -1.17. The van der Waals surface area contributed by atoms with E-state index in [4.69, 9.17) is 5.73 Å². The van der Waals surface area contributed by atoms with Crippen molar-refractivity contribution in [1.82, 2.24) is 20.2 Å². The highest BCUT2D eigenvalue weighted by Gasteiger charge is 2.23. The van der Waals surface area contributed by atoms with E-state index in [1.165, 1.54) is 25.7 Å². The molecule has 2 atom stereocenters. The van der Waals surface area contributed by atoms with E-state index < -0.39 is 0 Å². The molecule has 0 saturated heterocycles. The molecular weight excluding hydrogens is 204 g/mol. The van der Waals surface area contributed by atoms with Crippen LogP contribution in [0.15, 0.2) is 0 Å². The van der Waals surface area contributed by atoms with Gasteiger partial charge in [-0.25, -0.2) is 4.68 Å². The van der Waals surface area contributed by atoms with Crippen LogP contribution < -0.4 is 11.1 Å². The Morgan fingerprint density at radius 1 is 1.38 bits per heavy atom. The molecule has 0 aromatic carbocycles. The highest BCUT2D eigenvalue weighted by Crippen LogP contribution is 2.29. The first-order chi connectivity index (χ1) is 7.81. The number of hydrogen-bond donors (Lipinski definition) is 2. The van der Waals surface area contributed by atoms with Crippen molar-refractivity contribution >= 4 is 5.95 Å². The van der Waals surface area contributed by atoms with Gasteiger partial charge in [0.25, 0.3) is 0 Å². The highest BCUT2D eigenvalue weighted by atomic mass is 15.6. The topological polar surface area (TPSA) is 81.7 Å². The second-order valence-electron chi connectivity index (χ2n) is 4.55. The van der Waals surface area contributed by atoms with Gasteiger partial charge in [0.15, 0.2) is 0 Å². The second-order valence-corrected chi connectivity index (χ2v) is 4.55. The average molecular weight is 224 g/mol. The summed E-state index contributed by atoms with van der Waals surface area (Å²) >= 11 is 0. The maximum Gasteiger partial charge on any atom is 0.242 e. The maximum atomic E-state index is 5.80. The minimum Gasteiger partial charge on any atom is -0.353 e. The summed E-state index contributed by atoms with van der Waals surface area (Å²) in [4.78, 5) is 0. The van der Waals surface area contributed by atoms with Gasteiger partial charge < -0.3 is 11.1 Å². The molecule has 1 aromatic heterocycles. The Labute approximate surface area is 95.6 Å². The van der Waals surface area contributed by atoms with E-state index in [9.17, 15) is 0 Å². The Morgan fingerprint density at radius 3 is 2.75 bits per heavy atom. The molecule has 0 spiro atoms. The lowest BCUT2D eigenvalue weighted by Gasteiger charge is -2.30. The van der Waals surface area contributed by atoms with Crippen molar-refractivity contribution < 1.29 is 0 Å². The summed E-state index contributed by atoms with van der Waals surface area (Å²) in [5.41, 5.74) is 5.80. The van der Waals surface area contributed by atoms with E-state index in [1.807, 2.05) is 7.05 Å². The molecule has 1 aliphatic rings. The fourth-order valence-electron chi connectivity index (χ4n) is 2.47. The monoisotopic (exact) mass is 224 g/mol. The van der Waals surface area contributed by atoms with Crippen LogP contribution in [0.4, 0.5) is 5.95 Å². The SMILES string of the molecule is Cn1nnnc1NCC1CCCCC1CN. The smallest absolute Gasteiger partial charge is 0.242 e. The Balaban J connectivity index is 1.86. The molecule has 6 heteroatoms. The Kier molecular flexibility index (Phi) is 3.71. The zero-order valence-electron chi connectivity index (χ0n) is 9.76. The van der Waals surface area contributed by atoms with Crippen LogP contribution in [-0.2, 0) is 7.05 Å². The van der Waals surface area contributed by atoms with Crippen molar-refractivity contribution in [3.8, 4) is 0 Å². The molecule has 6 nitrogen and oxygen atoms in total. The van der Waals surface area contributed by atoms with Crippen LogP contribution in [0.25, 0.3) is 0 Å². The van der Waals surface area contributed by atoms with Gasteiger partial charge in [-0.15, -0.1) is 0 Å². The molecule has 1 saturated carbocycles. The predicted octanol–water partition coefficient (Wildman–Crippen LogP) is 0.387. The minimum atomic E-state index is 0.655. The van der Waals surface area contributed by atoms with Crippen molar-refractivity contribution in [2.75, 3.05) is 18.4 Å². The highest BCUT2D eigenvalue weighted by molar-refractivity contribution is 5.20. The van der Waals surface area contributed by atoms with E-state index >= 15 is 0 Å². The molecule has 1 aromatic rings. The number of nitrogens with two attached hydrogens (primary N) is 1. The summed E-state index contributed by atoms with van der Waals surface area (Å²) in [6, 6.07) is 0. The normalized spacial score (nSPS) is 25.6. The number of aromatic nitrogens is 4. The van der Waals surface area contributed by atoms with Crippen molar-refractivity contribution in [2.45, 2.75) is 25.7 Å². The van der Waals surface area contributed by atoms with Crippen molar-refractivity contribution in [1.29, 1.82) is 0 Å². The van der Waals surface area contributed by atoms with Gasteiger partial charge in [0.1, 0.15) is 0 Å². The summed E-state index contributed by atoms with van der Waals surface area (Å²) in [7, 11) is 1.84. The largest absolute Gasteiger partial charge is 0.353 e. The van der Waals surface area contributed by atoms with Gasteiger partial charge in [0.05, 0.1) is 0 Å². The molecule has 0 amide bonds. The molecule has 2 rings (SSSR count). The number of aryl methyl sites for hydroxylation is 1. The summed E-state index contributed by atoms with van der Waals surface area (Å²) in [5, 5.41) is 14.6. The van der Waals surface area contributed by atoms with Gasteiger partial charge >= 0.3 is 0 Å². The first-order valence-corrected chi connectivity index (χ1v) is 5.97. The third kappa shape index (κ3) is 2.49. The number of anilines is 1. The summed E-state index contributed by atoms with van der Waals surface area (Å²) < 4.78 is 1.65. The van der Waals surface area contributed by atoms with E-state index in [-0.39, 0.29) is 0 Å². The lowest BCUT2D eigenvalue weighted by atomic mass is 9.79. The summed E-state index contributed by atoms with van der Waals surface area (Å²) in [6.07, 6.45) is 5.17. The molecule has 3 N–H and O–H groups in total. The van der Waals surface area contributed by atoms with Crippen molar-refractivity contribution in [2.24, 2.45) is 24.6 Å². The zero-order valence-corrected chi connectivity index (χ0v) is 9.76. The number of nitrogens with zero attached hydrogens (tertiary/aromatic N) is 4. The molecule has 90 valence electrons. The van der Waals surface area contributed by atoms with Gasteiger partial charge in [-0.1, -0.05) is 17.9 Å². The summed E-state index contributed by atoms with van der Waals surface area (Å²) in [5.74, 6) is 2.05. The van der Waals surface area contributed by atoms with Crippen LogP contribution in [0.2, 0.25) is 0 Å². The Morgan fingerprint density at radius 2 is 2.12 bits per heavy atom. The zero-order chi connectivity index (χ0) is 11.4. The van der Waals surface area contributed by atoms with Crippen LogP contribution in [-0.4, -0.2) is 33.3 Å². The fraction of sp³-hybridized carbons (Fsp3) is 0.900.